The van der Waals surface area contributed by atoms with E-state index >= 15 is 0 Å². The van der Waals surface area contributed by atoms with Crippen LogP contribution in [-0.2, 0) is 14.8 Å². The zero-order valence-electron chi connectivity index (χ0n) is 12.0. The second-order valence-corrected chi connectivity index (χ2v) is 7.85. The van der Waals surface area contributed by atoms with Crippen molar-refractivity contribution in [1.29, 1.82) is 0 Å². The van der Waals surface area contributed by atoms with Crippen molar-refractivity contribution < 1.29 is 13.2 Å². The first-order valence-electron chi connectivity index (χ1n) is 6.55. The van der Waals surface area contributed by atoms with Crippen LogP contribution >= 0.6 is 15.9 Å². The maximum absolute atomic E-state index is 12.7. The van der Waals surface area contributed by atoms with Crippen LogP contribution in [0.25, 0.3) is 0 Å². The predicted molar refractivity (Wildman–Crippen MR) is 84.3 cm³/mol. The molecule has 21 heavy (non-hydrogen) atoms. The van der Waals surface area contributed by atoms with Crippen molar-refractivity contribution in [2.24, 2.45) is 0 Å². The SMILES string of the molecule is CC(=O)N1CCN(S(=O)(=O)c2cc(Br)cc(N)c2C)CC1. The zero-order valence-corrected chi connectivity index (χ0v) is 14.4. The molecule has 1 amide bonds. The molecule has 0 saturated carbocycles. The van der Waals surface area contributed by atoms with E-state index in [0.29, 0.717) is 41.9 Å². The first-order valence-corrected chi connectivity index (χ1v) is 8.78. The van der Waals surface area contributed by atoms with Crippen LogP contribution < -0.4 is 5.73 Å². The molecular weight excluding hydrogens is 358 g/mol. The smallest absolute Gasteiger partial charge is 0.243 e. The molecule has 1 aromatic carbocycles. The van der Waals surface area contributed by atoms with Gasteiger partial charge in [-0.3, -0.25) is 4.79 Å². The lowest BCUT2D eigenvalue weighted by atomic mass is 10.2. The van der Waals surface area contributed by atoms with E-state index in [0.717, 1.165) is 0 Å². The van der Waals surface area contributed by atoms with Gasteiger partial charge in [0.2, 0.25) is 15.9 Å². The maximum Gasteiger partial charge on any atom is 0.243 e. The molecule has 1 fully saturated rings. The fourth-order valence-corrected chi connectivity index (χ4v) is 4.65. The van der Waals surface area contributed by atoms with E-state index in [1.54, 1.807) is 24.0 Å². The van der Waals surface area contributed by atoms with E-state index in [1.165, 1.54) is 11.2 Å². The number of anilines is 1. The molecule has 1 heterocycles. The summed E-state index contributed by atoms with van der Waals surface area (Å²) in [5, 5.41) is 0. The second kappa shape index (κ2) is 5.94. The van der Waals surface area contributed by atoms with E-state index in [-0.39, 0.29) is 10.8 Å². The van der Waals surface area contributed by atoms with Crippen molar-refractivity contribution in [3.63, 3.8) is 0 Å². The third kappa shape index (κ3) is 3.22. The molecule has 0 bridgehead atoms. The minimum atomic E-state index is -3.60. The number of carbonyl (C=O) groups excluding carboxylic acids is 1. The average Bonchev–Trinajstić information content (AvgIpc) is 2.42. The Bertz CT molecular complexity index is 667. The van der Waals surface area contributed by atoms with Gasteiger partial charge in [-0.05, 0) is 24.6 Å². The number of nitrogens with two attached hydrogens (primary N) is 1. The molecular formula is C13H18BrN3O3S. The van der Waals surface area contributed by atoms with Crippen LogP contribution in [0.15, 0.2) is 21.5 Å². The Morgan fingerprint density at radius 2 is 1.81 bits per heavy atom. The summed E-state index contributed by atoms with van der Waals surface area (Å²) in [5.74, 6) is -0.0325. The van der Waals surface area contributed by atoms with Gasteiger partial charge >= 0.3 is 0 Å². The largest absolute Gasteiger partial charge is 0.398 e. The Hall–Kier alpha value is -1.12. The van der Waals surface area contributed by atoms with E-state index in [2.05, 4.69) is 15.9 Å². The third-order valence-electron chi connectivity index (χ3n) is 3.67. The molecule has 2 N–H and O–H groups in total. The summed E-state index contributed by atoms with van der Waals surface area (Å²) in [5.41, 5.74) is 6.83. The van der Waals surface area contributed by atoms with Gasteiger partial charge in [0.15, 0.2) is 0 Å². The molecule has 8 heteroatoms. The van der Waals surface area contributed by atoms with Gasteiger partial charge in [-0.2, -0.15) is 4.31 Å². The summed E-state index contributed by atoms with van der Waals surface area (Å²) < 4.78 is 27.5. The quantitative estimate of drug-likeness (QED) is 0.786. The molecule has 0 atom stereocenters. The van der Waals surface area contributed by atoms with Crippen LogP contribution in [0.3, 0.4) is 0 Å². The van der Waals surface area contributed by atoms with Crippen LogP contribution in [0.4, 0.5) is 5.69 Å². The van der Waals surface area contributed by atoms with Crippen LogP contribution in [-0.4, -0.2) is 49.7 Å². The number of nitrogens with zero attached hydrogens (tertiary/aromatic N) is 2. The topological polar surface area (TPSA) is 83.7 Å². The number of sulfonamides is 1. The number of hydrogen-bond donors (Lipinski definition) is 1. The van der Waals surface area contributed by atoms with E-state index < -0.39 is 10.0 Å². The van der Waals surface area contributed by atoms with Gasteiger partial charge in [0, 0.05) is 43.3 Å². The van der Waals surface area contributed by atoms with Gasteiger partial charge in [-0.25, -0.2) is 8.42 Å². The number of amides is 1. The van der Waals surface area contributed by atoms with Crippen molar-refractivity contribution >= 4 is 37.5 Å². The number of rotatable bonds is 2. The molecule has 1 aliphatic rings. The van der Waals surface area contributed by atoms with Crippen LogP contribution in [0.1, 0.15) is 12.5 Å². The fraction of sp³-hybridized carbons (Fsp3) is 0.462. The lowest BCUT2D eigenvalue weighted by Gasteiger charge is -2.33. The van der Waals surface area contributed by atoms with E-state index in [1.807, 2.05) is 0 Å². The summed E-state index contributed by atoms with van der Waals surface area (Å²) in [4.78, 5) is 13.2. The Kier molecular flexibility index (Phi) is 4.60. The summed E-state index contributed by atoms with van der Waals surface area (Å²) in [6, 6.07) is 3.25. The first-order chi connectivity index (χ1) is 9.73. The molecule has 1 aromatic rings. The second-order valence-electron chi connectivity index (χ2n) is 5.03. The number of carbonyl (C=O) groups is 1. The highest BCUT2D eigenvalue weighted by Gasteiger charge is 2.30. The lowest BCUT2D eigenvalue weighted by molar-refractivity contribution is -0.129. The molecule has 1 aliphatic heterocycles. The van der Waals surface area contributed by atoms with Gasteiger partial charge in [0.1, 0.15) is 0 Å². The van der Waals surface area contributed by atoms with Crippen LogP contribution in [0.2, 0.25) is 0 Å². The zero-order chi connectivity index (χ0) is 15.8. The fourth-order valence-electron chi connectivity index (χ4n) is 2.32. The summed E-state index contributed by atoms with van der Waals surface area (Å²) in [7, 11) is -3.60. The molecule has 2 rings (SSSR count). The average molecular weight is 376 g/mol. The monoisotopic (exact) mass is 375 g/mol. The van der Waals surface area contributed by atoms with Gasteiger partial charge in [-0.1, -0.05) is 15.9 Å². The molecule has 0 spiro atoms. The highest BCUT2D eigenvalue weighted by Crippen LogP contribution is 2.29. The minimum absolute atomic E-state index is 0.0325. The minimum Gasteiger partial charge on any atom is -0.398 e. The highest BCUT2D eigenvalue weighted by molar-refractivity contribution is 9.10. The third-order valence-corrected chi connectivity index (χ3v) is 6.15. The summed E-state index contributed by atoms with van der Waals surface area (Å²) in [6.07, 6.45) is 0. The van der Waals surface area contributed by atoms with E-state index in [4.69, 9.17) is 5.73 Å². The number of nitrogen functional groups attached to an aromatic ring is 1. The molecule has 0 unspecified atom stereocenters. The number of piperazine rings is 1. The number of hydrogen-bond acceptors (Lipinski definition) is 4. The van der Waals surface area contributed by atoms with Crippen molar-refractivity contribution in [2.75, 3.05) is 31.9 Å². The Morgan fingerprint density at radius 1 is 1.24 bits per heavy atom. The maximum atomic E-state index is 12.7. The van der Waals surface area contributed by atoms with Crippen LogP contribution in [0.5, 0.6) is 0 Å². The Labute approximate surface area is 133 Å². The molecule has 116 valence electrons. The number of halogens is 1. The Morgan fingerprint density at radius 3 is 2.33 bits per heavy atom. The van der Waals surface area contributed by atoms with Gasteiger partial charge in [0.05, 0.1) is 4.90 Å². The summed E-state index contributed by atoms with van der Waals surface area (Å²) >= 11 is 3.28. The molecule has 1 saturated heterocycles. The Balaban J connectivity index is 2.30. The lowest BCUT2D eigenvalue weighted by Crippen LogP contribution is -2.50. The van der Waals surface area contributed by atoms with Crippen molar-refractivity contribution in [1.82, 2.24) is 9.21 Å². The van der Waals surface area contributed by atoms with Crippen molar-refractivity contribution in [2.45, 2.75) is 18.7 Å². The molecule has 0 aliphatic carbocycles. The highest BCUT2D eigenvalue weighted by atomic mass is 79.9. The predicted octanol–water partition coefficient (Wildman–Crippen LogP) is 1.19. The van der Waals surface area contributed by atoms with Gasteiger partial charge in [-0.15, -0.1) is 0 Å². The standard InChI is InChI=1S/C13H18BrN3O3S/c1-9-12(15)7-11(14)8-13(9)21(19,20)17-5-3-16(4-6-17)10(2)18/h7-8H,3-6,15H2,1-2H3. The van der Waals surface area contributed by atoms with Gasteiger partial charge in [0.25, 0.3) is 0 Å². The normalized spacial score (nSPS) is 17.0. The first kappa shape index (κ1) is 16.3. The number of benzene rings is 1. The van der Waals surface area contributed by atoms with Crippen LogP contribution in [0, 0.1) is 6.92 Å². The van der Waals surface area contributed by atoms with Crippen molar-refractivity contribution in [3.05, 3.63) is 22.2 Å². The van der Waals surface area contributed by atoms with Gasteiger partial charge < -0.3 is 10.6 Å². The molecule has 0 aromatic heterocycles. The summed E-state index contributed by atoms with van der Waals surface area (Å²) in [6.45, 7) is 4.61. The molecule has 0 radical (unpaired) electrons. The van der Waals surface area contributed by atoms with E-state index in [9.17, 15) is 13.2 Å². The molecule has 6 nitrogen and oxygen atoms in total. The van der Waals surface area contributed by atoms with Crippen molar-refractivity contribution in [3.8, 4) is 0 Å².